The van der Waals surface area contributed by atoms with Crippen LogP contribution in [-0.2, 0) is 13.0 Å². The van der Waals surface area contributed by atoms with Crippen LogP contribution in [0.1, 0.15) is 65.6 Å². The molecular formula is C18H37IN6. The minimum atomic E-state index is 0. The molecule has 7 heteroatoms. The summed E-state index contributed by atoms with van der Waals surface area (Å²) in [7, 11) is 0. The van der Waals surface area contributed by atoms with Gasteiger partial charge in [-0.1, -0.05) is 46.5 Å². The second-order valence-electron chi connectivity index (χ2n) is 6.58. The van der Waals surface area contributed by atoms with Gasteiger partial charge in [-0.25, -0.2) is 0 Å². The van der Waals surface area contributed by atoms with Crippen molar-refractivity contribution in [1.29, 1.82) is 0 Å². The molecule has 1 aromatic rings. The number of aryl methyl sites for hydroxylation is 1. The van der Waals surface area contributed by atoms with Gasteiger partial charge in [0.05, 0.1) is 0 Å². The SMILES string of the molecule is CCNC(=NCCCCCCC(C)C)NCCn1cnnc1CC.I. The third kappa shape index (κ3) is 11.4. The minimum Gasteiger partial charge on any atom is -0.357 e. The Labute approximate surface area is 170 Å². The van der Waals surface area contributed by atoms with E-state index in [9.17, 15) is 0 Å². The molecule has 0 saturated carbocycles. The lowest BCUT2D eigenvalue weighted by Crippen LogP contribution is -2.39. The average Bonchev–Trinajstić information content (AvgIpc) is 3.01. The first kappa shape index (κ1) is 24.1. The van der Waals surface area contributed by atoms with Crippen molar-refractivity contribution in [3.63, 3.8) is 0 Å². The number of hydrogen-bond donors (Lipinski definition) is 2. The largest absolute Gasteiger partial charge is 0.357 e. The lowest BCUT2D eigenvalue weighted by atomic mass is 10.0. The van der Waals surface area contributed by atoms with Crippen LogP contribution in [0.3, 0.4) is 0 Å². The zero-order valence-electron chi connectivity index (χ0n) is 16.4. The molecule has 0 amide bonds. The zero-order valence-corrected chi connectivity index (χ0v) is 18.8. The number of halogens is 1. The highest BCUT2D eigenvalue weighted by Crippen LogP contribution is 2.09. The van der Waals surface area contributed by atoms with Gasteiger partial charge in [0.25, 0.3) is 0 Å². The molecule has 0 aliphatic carbocycles. The molecule has 1 heterocycles. The van der Waals surface area contributed by atoms with E-state index in [-0.39, 0.29) is 24.0 Å². The third-order valence-electron chi connectivity index (χ3n) is 3.96. The van der Waals surface area contributed by atoms with E-state index >= 15 is 0 Å². The van der Waals surface area contributed by atoms with Gasteiger partial charge in [-0.3, -0.25) is 4.99 Å². The van der Waals surface area contributed by atoms with Crippen molar-refractivity contribution in [2.45, 2.75) is 72.8 Å². The summed E-state index contributed by atoms with van der Waals surface area (Å²) in [6.45, 7) is 12.2. The Morgan fingerprint density at radius 3 is 2.60 bits per heavy atom. The number of aliphatic imine (C=N–C) groups is 1. The highest BCUT2D eigenvalue weighted by Gasteiger charge is 2.02. The van der Waals surface area contributed by atoms with Crippen LogP contribution >= 0.6 is 24.0 Å². The first-order chi connectivity index (χ1) is 11.7. The summed E-state index contributed by atoms with van der Waals surface area (Å²) in [5.74, 6) is 2.76. The fourth-order valence-corrected chi connectivity index (χ4v) is 2.58. The van der Waals surface area contributed by atoms with E-state index in [0.717, 1.165) is 50.3 Å². The summed E-state index contributed by atoms with van der Waals surface area (Å²) < 4.78 is 2.09. The van der Waals surface area contributed by atoms with Crippen molar-refractivity contribution in [3.8, 4) is 0 Å². The normalized spacial score (nSPS) is 11.5. The summed E-state index contributed by atoms with van der Waals surface area (Å²) >= 11 is 0. The van der Waals surface area contributed by atoms with Crippen LogP contribution < -0.4 is 10.6 Å². The van der Waals surface area contributed by atoms with E-state index in [0.29, 0.717) is 0 Å². The molecule has 0 saturated heterocycles. The van der Waals surface area contributed by atoms with E-state index in [1.54, 1.807) is 6.33 Å². The van der Waals surface area contributed by atoms with Crippen LogP contribution in [0, 0.1) is 5.92 Å². The summed E-state index contributed by atoms with van der Waals surface area (Å²) in [5.41, 5.74) is 0. The zero-order chi connectivity index (χ0) is 17.6. The van der Waals surface area contributed by atoms with Crippen molar-refractivity contribution >= 4 is 29.9 Å². The van der Waals surface area contributed by atoms with Gasteiger partial charge in [0, 0.05) is 32.6 Å². The Hall–Kier alpha value is -0.860. The van der Waals surface area contributed by atoms with Gasteiger partial charge in [0.1, 0.15) is 12.2 Å². The lowest BCUT2D eigenvalue weighted by molar-refractivity contribution is 0.521. The number of unbranched alkanes of at least 4 members (excludes halogenated alkanes) is 3. The molecule has 0 aliphatic heterocycles. The number of rotatable bonds is 12. The molecule has 1 rings (SSSR count). The van der Waals surface area contributed by atoms with Gasteiger partial charge in [-0.15, -0.1) is 34.2 Å². The molecule has 0 radical (unpaired) electrons. The highest BCUT2D eigenvalue weighted by molar-refractivity contribution is 14.0. The summed E-state index contributed by atoms with van der Waals surface area (Å²) in [5, 5.41) is 14.8. The first-order valence-electron chi connectivity index (χ1n) is 9.56. The van der Waals surface area contributed by atoms with Gasteiger partial charge in [0.15, 0.2) is 5.96 Å². The van der Waals surface area contributed by atoms with Gasteiger partial charge in [-0.2, -0.15) is 0 Å². The van der Waals surface area contributed by atoms with Crippen molar-refractivity contribution in [3.05, 3.63) is 12.2 Å². The van der Waals surface area contributed by atoms with Crippen LogP contribution in [0.4, 0.5) is 0 Å². The lowest BCUT2D eigenvalue weighted by Gasteiger charge is -2.12. The summed E-state index contributed by atoms with van der Waals surface area (Å²) in [6.07, 6.45) is 9.16. The number of nitrogens with zero attached hydrogens (tertiary/aromatic N) is 4. The molecule has 0 aliphatic rings. The minimum absolute atomic E-state index is 0. The number of hydrogen-bond acceptors (Lipinski definition) is 3. The van der Waals surface area contributed by atoms with E-state index in [2.05, 4.69) is 58.1 Å². The molecule has 0 unspecified atom stereocenters. The monoisotopic (exact) mass is 464 g/mol. The Bertz CT molecular complexity index is 458. The smallest absolute Gasteiger partial charge is 0.191 e. The van der Waals surface area contributed by atoms with Gasteiger partial charge < -0.3 is 15.2 Å². The standard InChI is InChI=1S/C18H36N6.HI/c1-5-17-23-22-15-24(17)14-13-21-18(19-6-2)20-12-10-8-7-9-11-16(3)4;/h15-16H,5-14H2,1-4H3,(H2,19,20,21);1H. The van der Waals surface area contributed by atoms with Crippen molar-refractivity contribution < 1.29 is 0 Å². The van der Waals surface area contributed by atoms with E-state index < -0.39 is 0 Å². The number of aromatic nitrogens is 3. The molecule has 2 N–H and O–H groups in total. The molecule has 25 heavy (non-hydrogen) atoms. The van der Waals surface area contributed by atoms with Crippen molar-refractivity contribution in [2.24, 2.45) is 10.9 Å². The molecule has 1 aromatic heterocycles. The van der Waals surface area contributed by atoms with E-state index in [4.69, 9.17) is 0 Å². The predicted octanol–water partition coefficient (Wildman–Crippen LogP) is 3.62. The molecule has 146 valence electrons. The van der Waals surface area contributed by atoms with Crippen LogP contribution in [0.25, 0.3) is 0 Å². The van der Waals surface area contributed by atoms with Gasteiger partial charge in [-0.05, 0) is 19.3 Å². The summed E-state index contributed by atoms with van der Waals surface area (Å²) in [4.78, 5) is 4.66. The van der Waals surface area contributed by atoms with Crippen molar-refractivity contribution in [2.75, 3.05) is 19.6 Å². The quantitative estimate of drug-likeness (QED) is 0.215. The van der Waals surface area contributed by atoms with E-state index in [1.165, 1.54) is 32.1 Å². The topological polar surface area (TPSA) is 67.1 Å². The molecule has 0 aromatic carbocycles. The van der Waals surface area contributed by atoms with Crippen LogP contribution in [0.2, 0.25) is 0 Å². The number of guanidine groups is 1. The first-order valence-corrected chi connectivity index (χ1v) is 9.56. The molecule has 0 spiro atoms. The molecular weight excluding hydrogens is 427 g/mol. The van der Waals surface area contributed by atoms with Gasteiger partial charge >= 0.3 is 0 Å². The highest BCUT2D eigenvalue weighted by atomic mass is 127. The van der Waals surface area contributed by atoms with Crippen LogP contribution in [0.15, 0.2) is 11.3 Å². The fourth-order valence-electron chi connectivity index (χ4n) is 2.58. The Morgan fingerprint density at radius 2 is 1.92 bits per heavy atom. The fraction of sp³-hybridized carbons (Fsp3) is 0.833. The maximum absolute atomic E-state index is 4.66. The molecule has 0 bridgehead atoms. The maximum atomic E-state index is 4.66. The predicted molar refractivity (Wildman–Crippen MR) is 117 cm³/mol. The molecule has 6 nitrogen and oxygen atoms in total. The van der Waals surface area contributed by atoms with Crippen LogP contribution in [-0.4, -0.2) is 40.4 Å². The summed E-state index contributed by atoms with van der Waals surface area (Å²) in [6, 6.07) is 0. The number of nitrogens with one attached hydrogen (secondary N) is 2. The second-order valence-corrected chi connectivity index (χ2v) is 6.58. The Balaban J connectivity index is 0.00000576. The van der Waals surface area contributed by atoms with Crippen LogP contribution in [0.5, 0.6) is 0 Å². The van der Waals surface area contributed by atoms with Gasteiger partial charge in [0.2, 0.25) is 0 Å². The molecule has 0 atom stereocenters. The average molecular weight is 464 g/mol. The van der Waals surface area contributed by atoms with E-state index in [1.807, 2.05) is 0 Å². The Morgan fingerprint density at radius 1 is 1.16 bits per heavy atom. The Kier molecular flexibility index (Phi) is 14.9. The maximum Gasteiger partial charge on any atom is 0.191 e. The molecule has 0 fully saturated rings. The van der Waals surface area contributed by atoms with Crippen molar-refractivity contribution in [1.82, 2.24) is 25.4 Å². The third-order valence-corrected chi connectivity index (χ3v) is 3.96. The second kappa shape index (κ2) is 15.4.